The van der Waals surface area contributed by atoms with Crippen LogP contribution in [-0.4, -0.2) is 28.1 Å². The number of halogens is 2. The zero-order valence-electron chi connectivity index (χ0n) is 15.7. The van der Waals surface area contributed by atoms with E-state index in [1.54, 1.807) is 36.1 Å². The van der Waals surface area contributed by atoms with Gasteiger partial charge in [-0.3, -0.25) is 9.59 Å². The molecule has 0 aliphatic carbocycles. The van der Waals surface area contributed by atoms with E-state index in [1.165, 1.54) is 16.8 Å². The first-order chi connectivity index (χ1) is 13.9. The first-order valence-corrected chi connectivity index (χ1v) is 9.17. The lowest BCUT2D eigenvalue weighted by atomic mass is 10.2. The lowest BCUT2D eigenvalue weighted by molar-refractivity contribution is -0.117. The van der Waals surface area contributed by atoms with Gasteiger partial charge in [0.05, 0.1) is 11.4 Å². The minimum absolute atomic E-state index is 0.0126. The van der Waals surface area contributed by atoms with Gasteiger partial charge >= 0.3 is 0 Å². The quantitative estimate of drug-likeness (QED) is 0.729. The number of hydrogen-bond donors (Lipinski definition) is 1. The normalized spacial score (nSPS) is 13.8. The van der Waals surface area contributed by atoms with E-state index >= 15 is 0 Å². The molecule has 0 unspecified atom stereocenters. The Morgan fingerprint density at radius 2 is 1.90 bits per heavy atom. The molecule has 0 bridgehead atoms. The van der Waals surface area contributed by atoms with E-state index in [1.807, 2.05) is 0 Å². The van der Waals surface area contributed by atoms with Gasteiger partial charge in [0.15, 0.2) is 11.5 Å². The number of nitrogens with zero attached hydrogens (tertiary/aromatic N) is 3. The Bertz CT molecular complexity index is 1110. The molecule has 1 aromatic heterocycles. The molecule has 8 heteroatoms. The SMILES string of the molecule is Cc1cc(C(=O)Nc2ccccc2N2CCCC2=O)nn1-c1ccc(F)cc1F. The third-order valence-corrected chi connectivity index (χ3v) is 4.77. The van der Waals surface area contributed by atoms with Crippen molar-refractivity contribution in [3.8, 4) is 5.69 Å². The van der Waals surface area contributed by atoms with Gasteiger partial charge in [-0.25, -0.2) is 13.5 Å². The molecule has 2 heterocycles. The molecule has 2 aromatic carbocycles. The lowest BCUT2D eigenvalue weighted by Gasteiger charge is -2.19. The molecule has 4 rings (SSSR count). The maximum atomic E-state index is 14.1. The number of benzene rings is 2. The fourth-order valence-corrected chi connectivity index (χ4v) is 3.39. The predicted molar refractivity (Wildman–Crippen MR) is 104 cm³/mol. The van der Waals surface area contributed by atoms with Gasteiger partial charge in [-0.15, -0.1) is 0 Å². The third-order valence-electron chi connectivity index (χ3n) is 4.77. The third kappa shape index (κ3) is 3.61. The summed E-state index contributed by atoms with van der Waals surface area (Å²) >= 11 is 0. The number of amides is 2. The second kappa shape index (κ2) is 7.46. The number of hydrogen-bond acceptors (Lipinski definition) is 3. The molecule has 0 atom stereocenters. The van der Waals surface area contributed by atoms with Crippen molar-refractivity contribution in [2.75, 3.05) is 16.8 Å². The van der Waals surface area contributed by atoms with Crippen LogP contribution in [0.15, 0.2) is 48.5 Å². The highest BCUT2D eigenvalue weighted by Gasteiger charge is 2.25. The van der Waals surface area contributed by atoms with Crippen LogP contribution >= 0.6 is 0 Å². The van der Waals surface area contributed by atoms with Gasteiger partial charge in [0, 0.05) is 24.7 Å². The summed E-state index contributed by atoms with van der Waals surface area (Å²) in [5.41, 5.74) is 1.76. The van der Waals surface area contributed by atoms with Gasteiger partial charge in [-0.2, -0.15) is 5.10 Å². The second-order valence-corrected chi connectivity index (χ2v) is 6.80. The maximum Gasteiger partial charge on any atom is 0.276 e. The highest BCUT2D eigenvalue weighted by molar-refractivity contribution is 6.07. The van der Waals surface area contributed by atoms with Crippen LogP contribution in [0.5, 0.6) is 0 Å². The lowest BCUT2D eigenvalue weighted by Crippen LogP contribution is -2.25. The first-order valence-electron chi connectivity index (χ1n) is 9.17. The van der Waals surface area contributed by atoms with Gasteiger partial charge in [-0.05, 0) is 43.7 Å². The molecule has 148 valence electrons. The van der Waals surface area contributed by atoms with Crippen molar-refractivity contribution < 1.29 is 18.4 Å². The molecule has 1 fully saturated rings. The van der Waals surface area contributed by atoms with E-state index in [9.17, 15) is 18.4 Å². The Morgan fingerprint density at radius 3 is 2.62 bits per heavy atom. The van der Waals surface area contributed by atoms with Crippen LogP contribution in [0.25, 0.3) is 5.69 Å². The summed E-state index contributed by atoms with van der Waals surface area (Å²) in [7, 11) is 0. The molecule has 0 radical (unpaired) electrons. The molecule has 6 nitrogen and oxygen atoms in total. The summed E-state index contributed by atoms with van der Waals surface area (Å²) in [6, 6.07) is 11.7. The fourth-order valence-electron chi connectivity index (χ4n) is 3.39. The van der Waals surface area contributed by atoms with Crippen LogP contribution < -0.4 is 10.2 Å². The van der Waals surface area contributed by atoms with E-state index in [-0.39, 0.29) is 17.3 Å². The molecule has 1 aliphatic rings. The van der Waals surface area contributed by atoms with Crippen molar-refractivity contribution in [1.82, 2.24) is 9.78 Å². The average molecular weight is 396 g/mol. The van der Waals surface area contributed by atoms with E-state index in [0.29, 0.717) is 30.0 Å². The standard InChI is InChI=1S/C21H18F2N4O2/c1-13-11-17(25-27(13)18-9-8-14(22)12-15(18)23)21(29)24-16-5-2-3-6-19(16)26-10-4-7-20(26)28/h2-3,5-6,8-9,11-12H,4,7,10H2,1H3,(H,24,29). The Balaban J connectivity index is 1.62. The summed E-state index contributed by atoms with van der Waals surface area (Å²) in [5, 5.41) is 6.95. The van der Waals surface area contributed by atoms with Gasteiger partial charge in [0.25, 0.3) is 5.91 Å². The van der Waals surface area contributed by atoms with Crippen molar-refractivity contribution in [2.24, 2.45) is 0 Å². The number of anilines is 2. The number of carbonyl (C=O) groups is 2. The average Bonchev–Trinajstić information content (AvgIpc) is 3.28. The highest BCUT2D eigenvalue weighted by atomic mass is 19.1. The molecular weight excluding hydrogens is 378 g/mol. The Morgan fingerprint density at radius 1 is 1.10 bits per heavy atom. The van der Waals surface area contributed by atoms with Crippen molar-refractivity contribution in [1.29, 1.82) is 0 Å². The van der Waals surface area contributed by atoms with Gasteiger partial charge in [0.2, 0.25) is 5.91 Å². The smallest absolute Gasteiger partial charge is 0.276 e. The van der Waals surface area contributed by atoms with Crippen molar-refractivity contribution in [2.45, 2.75) is 19.8 Å². The number of aryl methyl sites for hydroxylation is 1. The Kier molecular flexibility index (Phi) is 4.84. The first kappa shape index (κ1) is 18.8. The number of rotatable bonds is 4. The van der Waals surface area contributed by atoms with E-state index in [0.717, 1.165) is 18.6 Å². The number of aromatic nitrogens is 2. The topological polar surface area (TPSA) is 67.2 Å². The van der Waals surface area contributed by atoms with Crippen LogP contribution in [0.2, 0.25) is 0 Å². The molecule has 0 spiro atoms. The van der Waals surface area contributed by atoms with E-state index < -0.39 is 17.5 Å². The van der Waals surface area contributed by atoms with Gasteiger partial charge in [0.1, 0.15) is 11.5 Å². The number of carbonyl (C=O) groups excluding carboxylic acids is 2. The molecule has 1 saturated heterocycles. The highest BCUT2D eigenvalue weighted by Crippen LogP contribution is 2.29. The Hall–Kier alpha value is -3.55. The van der Waals surface area contributed by atoms with Crippen LogP contribution in [0.1, 0.15) is 29.0 Å². The summed E-state index contributed by atoms with van der Waals surface area (Å²) in [6.45, 7) is 2.27. The fraction of sp³-hybridized carbons (Fsp3) is 0.190. The van der Waals surface area contributed by atoms with Crippen LogP contribution in [0.3, 0.4) is 0 Å². The van der Waals surface area contributed by atoms with Gasteiger partial charge < -0.3 is 10.2 Å². The van der Waals surface area contributed by atoms with Crippen molar-refractivity contribution >= 4 is 23.2 Å². The van der Waals surface area contributed by atoms with E-state index in [4.69, 9.17) is 0 Å². The van der Waals surface area contributed by atoms with Crippen LogP contribution in [0.4, 0.5) is 20.2 Å². The zero-order chi connectivity index (χ0) is 20.5. The maximum absolute atomic E-state index is 14.1. The van der Waals surface area contributed by atoms with Gasteiger partial charge in [-0.1, -0.05) is 12.1 Å². The minimum atomic E-state index is -0.777. The second-order valence-electron chi connectivity index (χ2n) is 6.80. The molecule has 2 amide bonds. The number of para-hydroxylation sites is 2. The molecular formula is C21H18F2N4O2. The van der Waals surface area contributed by atoms with Crippen LogP contribution in [-0.2, 0) is 4.79 Å². The van der Waals surface area contributed by atoms with Crippen molar-refractivity contribution in [3.63, 3.8) is 0 Å². The Labute approximate surface area is 165 Å². The van der Waals surface area contributed by atoms with E-state index in [2.05, 4.69) is 10.4 Å². The summed E-state index contributed by atoms with van der Waals surface area (Å²) in [4.78, 5) is 26.5. The molecule has 3 aromatic rings. The summed E-state index contributed by atoms with van der Waals surface area (Å²) in [5.74, 6) is -1.95. The number of nitrogens with one attached hydrogen (secondary N) is 1. The zero-order valence-corrected chi connectivity index (χ0v) is 15.7. The molecule has 0 saturated carbocycles. The molecule has 1 N–H and O–H groups in total. The predicted octanol–water partition coefficient (Wildman–Crippen LogP) is 3.84. The largest absolute Gasteiger partial charge is 0.319 e. The molecule has 1 aliphatic heterocycles. The van der Waals surface area contributed by atoms with Crippen LogP contribution in [0, 0.1) is 18.6 Å². The van der Waals surface area contributed by atoms with Crippen molar-refractivity contribution in [3.05, 3.63) is 71.6 Å². The summed E-state index contributed by atoms with van der Waals surface area (Å²) in [6.07, 6.45) is 1.25. The summed E-state index contributed by atoms with van der Waals surface area (Å²) < 4.78 is 28.5. The minimum Gasteiger partial charge on any atom is -0.319 e. The monoisotopic (exact) mass is 396 g/mol. The molecule has 29 heavy (non-hydrogen) atoms.